The number of rotatable bonds is 7. The summed E-state index contributed by atoms with van der Waals surface area (Å²) in [5.41, 5.74) is 2.18. The van der Waals surface area contributed by atoms with E-state index in [2.05, 4.69) is 36.5 Å². The Balaban J connectivity index is 0.00000225. The van der Waals surface area contributed by atoms with Gasteiger partial charge in [-0.1, -0.05) is 43.7 Å². The first-order chi connectivity index (χ1) is 11.8. The largest absolute Gasteiger partial charge is 0.460 e. The molecule has 0 radical (unpaired) electrons. The monoisotopic (exact) mass is 359 g/mol. The van der Waals surface area contributed by atoms with Crippen molar-refractivity contribution in [1.82, 2.24) is 5.32 Å². The topological polar surface area (TPSA) is 25.2 Å². The standard InChI is InChI=1S/C21H22FNO.ClH/c1-2-6-20(16-7-4-3-5-8-16)23-15-19-13-14-21(24-19)17-9-11-18(22)12-10-17;/h3-5,7-14,20,23H,2,6,15H2,1H3;1H. The molecular formula is C21H23ClFNO. The molecule has 3 rings (SSSR count). The predicted octanol–water partition coefficient (Wildman–Crippen LogP) is 6.14. The predicted molar refractivity (Wildman–Crippen MR) is 102 cm³/mol. The minimum atomic E-state index is -0.238. The van der Waals surface area contributed by atoms with Gasteiger partial charge in [-0.3, -0.25) is 0 Å². The Morgan fingerprint density at radius 1 is 0.960 bits per heavy atom. The summed E-state index contributed by atoms with van der Waals surface area (Å²) < 4.78 is 18.9. The summed E-state index contributed by atoms with van der Waals surface area (Å²) in [7, 11) is 0. The van der Waals surface area contributed by atoms with E-state index < -0.39 is 0 Å². The van der Waals surface area contributed by atoms with E-state index in [0.29, 0.717) is 12.6 Å². The molecule has 0 aliphatic heterocycles. The van der Waals surface area contributed by atoms with Crippen molar-refractivity contribution in [2.45, 2.75) is 32.4 Å². The molecule has 1 unspecified atom stereocenters. The summed E-state index contributed by atoms with van der Waals surface area (Å²) in [5.74, 6) is 1.40. The highest BCUT2D eigenvalue weighted by Gasteiger charge is 2.11. The van der Waals surface area contributed by atoms with E-state index in [4.69, 9.17) is 4.42 Å². The minimum Gasteiger partial charge on any atom is -0.460 e. The molecule has 0 spiro atoms. The molecule has 0 saturated heterocycles. The molecule has 0 fully saturated rings. The van der Waals surface area contributed by atoms with Gasteiger partial charge in [0.25, 0.3) is 0 Å². The lowest BCUT2D eigenvalue weighted by Gasteiger charge is -2.17. The van der Waals surface area contributed by atoms with Crippen LogP contribution in [0.1, 0.15) is 37.1 Å². The van der Waals surface area contributed by atoms with Crippen LogP contribution in [0.3, 0.4) is 0 Å². The second-order valence-corrected chi connectivity index (χ2v) is 5.91. The molecule has 0 aliphatic carbocycles. The smallest absolute Gasteiger partial charge is 0.134 e. The van der Waals surface area contributed by atoms with Crippen LogP contribution >= 0.6 is 12.4 Å². The molecule has 1 aromatic heterocycles. The molecule has 3 aromatic rings. The number of nitrogens with one attached hydrogen (secondary N) is 1. The van der Waals surface area contributed by atoms with E-state index >= 15 is 0 Å². The van der Waals surface area contributed by atoms with Crippen LogP contribution in [0, 0.1) is 5.82 Å². The summed E-state index contributed by atoms with van der Waals surface area (Å²) in [6.07, 6.45) is 2.20. The van der Waals surface area contributed by atoms with Gasteiger partial charge in [-0.25, -0.2) is 4.39 Å². The highest BCUT2D eigenvalue weighted by Crippen LogP contribution is 2.24. The minimum absolute atomic E-state index is 0. The van der Waals surface area contributed by atoms with Gasteiger partial charge in [0.05, 0.1) is 6.54 Å². The van der Waals surface area contributed by atoms with Gasteiger partial charge >= 0.3 is 0 Å². The lowest BCUT2D eigenvalue weighted by atomic mass is 10.0. The van der Waals surface area contributed by atoms with Gasteiger partial charge in [-0.05, 0) is 48.4 Å². The number of hydrogen-bond acceptors (Lipinski definition) is 2. The average Bonchev–Trinajstić information content (AvgIpc) is 3.09. The Morgan fingerprint density at radius 3 is 2.36 bits per heavy atom. The van der Waals surface area contributed by atoms with Crippen LogP contribution in [0.25, 0.3) is 11.3 Å². The fourth-order valence-corrected chi connectivity index (χ4v) is 2.83. The van der Waals surface area contributed by atoms with Crippen molar-refractivity contribution in [1.29, 1.82) is 0 Å². The quantitative estimate of drug-likeness (QED) is 0.548. The third-order valence-electron chi connectivity index (χ3n) is 4.09. The maximum atomic E-state index is 13.0. The Hall–Kier alpha value is -2.10. The molecule has 132 valence electrons. The number of hydrogen-bond donors (Lipinski definition) is 1. The first-order valence-electron chi connectivity index (χ1n) is 8.39. The van der Waals surface area contributed by atoms with Crippen molar-refractivity contribution in [3.63, 3.8) is 0 Å². The molecular weight excluding hydrogens is 337 g/mol. The van der Waals surface area contributed by atoms with E-state index in [0.717, 1.165) is 29.9 Å². The van der Waals surface area contributed by atoms with Crippen LogP contribution < -0.4 is 5.32 Å². The van der Waals surface area contributed by atoms with Crippen molar-refractivity contribution in [2.24, 2.45) is 0 Å². The fraction of sp³-hybridized carbons (Fsp3) is 0.238. The van der Waals surface area contributed by atoms with Crippen molar-refractivity contribution < 1.29 is 8.81 Å². The normalized spacial score (nSPS) is 11.8. The lowest BCUT2D eigenvalue weighted by molar-refractivity contribution is 0.439. The number of furan rings is 1. The molecule has 0 aliphatic rings. The van der Waals surface area contributed by atoms with Gasteiger partial charge < -0.3 is 9.73 Å². The summed E-state index contributed by atoms with van der Waals surface area (Å²) in [4.78, 5) is 0. The molecule has 1 heterocycles. The van der Waals surface area contributed by atoms with Crippen LogP contribution in [-0.4, -0.2) is 0 Å². The molecule has 0 saturated carbocycles. The molecule has 25 heavy (non-hydrogen) atoms. The molecule has 1 atom stereocenters. The maximum absolute atomic E-state index is 13.0. The van der Waals surface area contributed by atoms with Crippen molar-refractivity contribution in [3.8, 4) is 11.3 Å². The van der Waals surface area contributed by atoms with Crippen molar-refractivity contribution >= 4 is 12.4 Å². The first kappa shape index (κ1) is 19.2. The molecule has 4 heteroatoms. The second kappa shape index (κ2) is 9.40. The summed E-state index contributed by atoms with van der Waals surface area (Å²) in [6.45, 7) is 2.86. The van der Waals surface area contributed by atoms with Crippen LogP contribution in [0.2, 0.25) is 0 Å². The average molecular weight is 360 g/mol. The van der Waals surface area contributed by atoms with Gasteiger partial charge in [-0.2, -0.15) is 0 Å². The summed E-state index contributed by atoms with van der Waals surface area (Å²) in [6, 6.07) is 21.1. The fourth-order valence-electron chi connectivity index (χ4n) is 2.83. The van der Waals surface area contributed by atoms with E-state index in [1.165, 1.54) is 17.7 Å². The van der Waals surface area contributed by atoms with E-state index in [9.17, 15) is 4.39 Å². The Labute approximate surface area is 154 Å². The SMILES string of the molecule is CCCC(NCc1ccc(-c2ccc(F)cc2)o1)c1ccccc1.Cl. The zero-order valence-corrected chi connectivity index (χ0v) is 15.1. The molecule has 1 N–H and O–H groups in total. The highest BCUT2D eigenvalue weighted by atomic mass is 35.5. The number of halogens is 2. The Morgan fingerprint density at radius 2 is 1.68 bits per heavy atom. The molecule has 0 amide bonds. The van der Waals surface area contributed by atoms with Crippen molar-refractivity contribution in [3.05, 3.63) is 83.9 Å². The van der Waals surface area contributed by atoms with Gasteiger partial charge in [0, 0.05) is 11.6 Å². The highest BCUT2D eigenvalue weighted by molar-refractivity contribution is 5.85. The number of benzene rings is 2. The zero-order chi connectivity index (χ0) is 16.8. The third-order valence-corrected chi connectivity index (χ3v) is 4.09. The van der Waals surface area contributed by atoms with E-state index in [1.54, 1.807) is 12.1 Å². The Kier molecular flexibility index (Phi) is 7.23. The van der Waals surface area contributed by atoms with Gasteiger partial charge in [0.2, 0.25) is 0 Å². The van der Waals surface area contributed by atoms with E-state index in [1.807, 2.05) is 18.2 Å². The van der Waals surface area contributed by atoms with Crippen LogP contribution in [0.5, 0.6) is 0 Å². The van der Waals surface area contributed by atoms with Gasteiger partial charge in [-0.15, -0.1) is 12.4 Å². The molecule has 2 aromatic carbocycles. The van der Waals surface area contributed by atoms with Crippen LogP contribution in [-0.2, 0) is 6.54 Å². The molecule has 2 nitrogen and oxygen atoms in total. The maximum Gasteiger partial charge on any atom is 0.134 e. The first-order valence-corrected chi connectivity index (χ1v) is 8.39. The van der Waals surface area contributed by atoms with Gasteiger partial charge in [0.15, 0.2) is 0 Å². The van der Waals surface area contributed by atoms with Gasteiger partial charge in [0.1, 0.15) is 17.3 Å². The van der Waals surface area contributed by atoms with E-state index in [-0.39, 0.29) is 18.2 Å². The summed E-state index contributed by atoms with van der Waals surface area (Å²) >= 11 is 0. The molecule has 0 bridgehead atoms. The third kappa shape index (κ3) is 5.18. The second-order valence-electron chi connectivity index (χ2n) is 5.91. The van der Waals surface area contributed by atoms with Crippen LogP contribution in [0.4, 0.5) is 4.39 Å². The zero-order valence-electron chi connectivity index (χ0n) is 14.2. The summed E-state index contributed by atoms with van der Waals surface area (Å²) in [5, 5.41) is 3.57. The van der Waals surface area contributed by atoms with Crippen LogP contribution in [0.15, 0.2) is 71.1 Å². The lowest BCUT2D eigenvalue weighted by Crippen LogP contribution is -2.20. The Bertz CT molecular complexity index is 755. The van der Waals surface area contributed by atoms with Crippen molar-refractivity contribution in [2.75, 3.05) is 0 Å².